The van der Waals surface area contributed by atoms with E-state index in [9.17, 15) is 9.90 Å². The SMILES string of the molecule is CCC(CO)C(=O)N1CCCc2ccccc21. The van der Waals surface area contributed by atoms with Crippen molar-refractivity contribution in [3.63, 3.8) is 0 Å². The molecule has 3 nitrogen and oxygen atoms in total. The fourth-order valence-electron chi connectivity index (χ4n) is 2.36. The Morgan fingerprint density at radius 3 is 2.94 bits per heavy atom. The molecule has 1 aliphatic heterocycles. The number of fused-ring (bicyclic) bond motifs is 1. The van der Waals surface area contributed by atoms with Crippen LogP contribution in [0.2, 0.25) is 0 Å². The Hall–Kier alpha value is -1.35. The molecule has 0 spiro atoms. The maximum absolute atomic E-state index is 12.3. The van der Waals surface area contributed by atoms with Crippen LogP contribution in [0.1, 0.15) is 25.3 Å². The van der Waals surface area contributed by atoms with Gasteiger partial charge in [-0.2, -0.15) is 0 Å². The second-order valence-electron chi connectivity index (χ2n) is 4.51. The van der Waals surface area contributed by atoms with Crippen LogP contribution in [0, 0.1) is 5.92 Å². The van der Waals surface area contributed by atoms with Crippen molar-refractivity contribution in [3.05, 3.63) is 29.8 Å². The molecule has 1 amide bonds. The van der Waals surface area contributed by atoms with Gasteiger partial charge in [-0.15, -0.1) is 0 Å². The summed E-state index contributed by atoms with van der Waals surface area (Å²) >= 11 is 0. The molecule has 0 bridgehead atoms. The lowest BCUT2D eigenvalue weighted by Crippen LogP contribution is -2.40. The Morgan fingerprint density at radius 2 is 2.24 bits per heavy atom. The molecule has 1 unspecified atom stereocenters. The molecule has 92 valence electrons. The predicted molar refractivity (Wildman–Crippen MR) is 68.0 cm³/mol. The molecule has 0 fully saturated rings. The molecule has 1 N–H and O–H groups in total. The Morgan fingerprint density at radius 1 is 1.47 bits per heavy atom. The van der Waals surface area contributed by atoms with Gasteiger partial charge in [-0.3, -0.25) is 4.79 Å². The second-order valence-corrected chi connectivity index (χ2v) is 4.51. The molecule has 1 atom stereocenters. The number of benzene rings is 1. The number of anilines is 1. The van der Waals surface area contributed by atoms with Crippen LogP contribution in [0.25, 0.3) is 0 Å². The lowest BCUT2D eigenvalue weighted by molar-refractivity contribution is -0.123. The highest BCUT2D eigenvalue weighted by Crippen LogP contribution is 2.28. The molecular weight excluding hydrogens is 214 g/mol. The quantitative estimate of drug-likeness (QED) is 0.867. The van der Waals surface area contributed by atoms with Crippen molar-refractivity contribution in [3.8, 4) is 0 Å². The lowest BCUT2D eigenvalue weighted by atomic mass is 9.99. The van der Waals surface area contributed by atoms with Crippen molar-refractivity contribution in [1.29, 1.82) is 0 Å². The summed E-state index contributed by atoms with van der Waals surface area (Å²) in [7, 11) is 0. The van der Waals surface area contributed by atoms with Crippen LogP contribution in [-0.2, 0) is 11.2 Å². The largest absolute Gasteiger partial charge is 0.396 e. The molecular formula is C14H19NO2. The van der Waals surface area contributed by atoms with Crippen molar-refractivity contribution in [2.45, 2.75) is 26.2 Å². The maximum atomic E-state index is 12.3. The van der Waals surface area contributed by atoms with E-state index in [-0.39, 0.29) is 18.4 Å². The normalized spacial score (nSPS) is 16.5. The number of rotatable bonds is 3. The molecule has 1 aromatic rings. The van der Waals surface area contributed by atoms with Gasteiger partial charge in [0.05, 0.1) is 12.5 Å². The summed E-state index contributed by atoms with van der Waals surface area (Å²) in [4.78, 5) is 14.1. The van der Waals surface area contributed by atoms with Crippen LogP contribution in [0.3, 0.4) is 0 Å². The van der Waals surface area contributed by atoms with Crippen molar-refractivity contribution in [2.24, 2.45) is 5.92 Å². The summed E-state index contributed by atoms with van der Waals surface area (Å²) in [6, 6.07) is 8.05. The molecule has 2 rings (SSSR count). The third-order valence-electron chi connectivity index (χ3n) is 3.44. The van der Waals surface area contributed by atoms with Crippen LogP contribution in [0.5, 0.6) is 0 Å². The van der Waals surface area contributed by atoms with Gasteiger partial charge < -0.3 is 10.0 Å². The fourth-order valence-corrected chi connectivity index (χ4v) is 2.36. The Labute approximate surface area is 102 Å². The average Bonchev–Trinajstić information content (AvgIpc) is 2.39. The van der Waals surface area contributed by atoms with Gasteiger partial charge >= 0.3 is 0 Å². The lowest BCUT2D eigenvalue weighted by Gasteiger charge is -2.31. The molecule has 0 saturated heterocycles. The minimum atomic E-state index is -0.263. The number of aliphatic hydroxyl groups is 1. The topological polar surface area (TPSA) is 40.5 Å². The van der Waals surface area contributed by atoms with E-state index < -0.39 is 0 Å². The van der Waals surface area contributed by atoms with Crippen LogP contribution in [-0.4, -0.2) is 24.2 Å². The van der Waals surface area contributed by atoms with Crippen molar-refractivity contribution < 1.29 is 9.90 Å². The van der Waals surface area contributed by atoms with E-state index in [1.807, 2.05) is 30.0 Å². The minimum absolute atomic E-state index is 0.0575. The van der Waals surface area contributed by atoms with Gasteiger partial charge in [0.1, 0.15) is 0 Å². The Kier molecular flexibility index (Phi) is 3.79. The maximum Gasteiger partial charge on any atom is 0.232 e. The zero-order chi connectivity index (χ0) is 12.3. The molecule has 1 heterocycles. The zero-order valence-electron chi connectivity index (χ0n) is 10.2. The van der Waals surface area contributed by atoms with Gasteiger partial charge in [-0.25, -0.2) is 0 Å². The van der Waals surface area contributed by atoms with Gasteiger partial charge in [0, 0.05) is 12.2 Å². The van der Waals surface area contributed by atoms with E-state index in [2.05, 4.69) is 6.07 Å². The van der Waals surface area contributed by atoms with Gasteiger partial charge in [0.25, 0.3) is 0 Å². The minimum Gasteiger partial charge on any atom is -0.396 e. The molecule has 0 saturated carbocycles. The third-order valence-corrected chi connectivity index (χ3v) is 3.44. The molecule has 3 heteroatoms. The molecule has 1 aromatic carbocycles. The third kappa shape index (κ3) is 2.34. The first-order valence-electron chi connectivity index (χ1n) is 6.28. The molecule has 17 heavy (non-hydrogen) atoms. The van der Waals surface area contributed by atoms with Crippen molar-refractivity contribution in [1.82, 2.24) is 0 Å². The van der Waals surface area contributed by atoms with E-state index in [4.69, 9.17) is 0 Å². The summed E-state index contributed by atoms with van der Waals surface area (Å²) in [5, 5.41) is 9.23. The summed E-state index contributed by atoms with van der Waals surface area (Å²) < 4.78 is 0. The number of amides is 1. The molecule has 1 aliphatic rings. The van der Waals surface area contributed by atoms with Crippen LogP contribution >= 0.6 is 0 Å². The monoisotopic (exact) mass is 233 g/mol. The second kappa shape index (κ2) is 5.32. The molecule has 0 radical (unpaired) electrons. The number of nitrogens with zero attached hydrogens (tertiary/aromatic N) is 1. The molecule has 0 aliphatic carbocycles. The van der Waals surface area contributed by atoms with E-state index in [1.54, 1.807) is 0 Å². The highest BCUT2D eigenvalue weighted by atomic mass is 16.3. The number of carbonyl (C=O) groups excluding carboxylic acids is 1. The number of carbonyl (C=O) groups is 1. The highest BCUT2D eigenvalue weighted by Gasteiger charge is 2.26. The number of hydrogen-bond acceptors (Lipinski definition) is 2. The van der Waals surface area contributed by atoms with Crippen molar-refractivity contribution >= 4 is 11.6 Å². The van der Waals surface area contributed by atoms with Crippen LogP contribution < -0.4 is 4.90 Å². The average molecular weight is 233 g/mol. The molecule has 0 aromatic heterocycles. The van der Waals surface area contributed by atoms with Gasteiger partial charge in [0.2, 0.25) is 5.91 Å². The van der Waals surface area contributed by atoms with Gasteiger partial charge in [-0.1, -0.05) is 25.1 Å². The first-order chi connectivity index (χ1) is 8.27. The van der Waals surface area contributed by atoms with Crippen LogP contribution in [0.15, 0.2) is 24.3 Å². The number of aliphatic hydroxyl groups excluding tert-OH is 1. The Bertz CT molecular complexity index is 399. The summed E-state index contributed by atoms with van der Waals surface area (Å²) in [6.07, 6.45) is 2.73. The Balaban J connectivity index is 2.26. The van der Waals surface area contributed by atoms with E-state index in [1.165, 1.54) is 5.56 Å². The highest BCUT2D eigenvalue weighted by molar-refractivity contribution is 5.96. The summed E-state index contributed by atoms with van der Waals surface area (Å²) in [5.74, 6) is -0.205. The van der Waals surface area contributed by atoms with Gasteiger partial charge in [-0.05, 0) is 30.9 Å². The zero-order valence-corrected chi connectivity index (χ0v) is 10.2. The first-order valence-corrected chi connectivity index (χ1v) is 6.28. The smallest absolute Gasteiger partial charge is 0.232 e. The predicted octanol–water partition coefficient (Wildman–Crippen LogP) is 1.98. The first kappa shape index (κ1) is 12.1. The number of para-hydroxylation sites is 1. The van der Waals surface area contributed by atoms with Crippen LogP contribution in [0.4, 0.5) is 5.69 Å². The standard InChI is InChI=1S/C14H19NO2/c1-2-11(10-16)14(17)15-9-5-7-12-6-3-4-8-13(12)15/h3-4,6,8,11,16H,2,5,7,9-10H2,1H3. The number of hydrogen-bond donors (Lipinski definition) is 1. The summed E-state index contributed by atoms with van der Waals surface area (Å²) in [6.45, 7) is 2.65. The van der Waals surface area contributed by atoms with E-state index in [0.29, 0.717) is 6.42 Å². The van der Waals surface area contributed by atoms with Crippen molar-refractivity contribution in [2.75, 3.05) is 18.1 Å². The van der Waals surface area contributed by atoms with E-state index in [0.717, 1.165) is 25.1 Å². The summed E-state index contributed by atoms with van der Waals surface area (Å²) in [5.41, 5.74) is 2.26. The van der Waals surface area contributed by atoms with Gasteiger partial charge in [0.15, 0.2) is 0 Å². The fraction of sp³-hybridized carbons (Fsp3) is 0.500. The number of aryl methyl sites for hydroxylation is 1. The van der Waals surface area contributed by atoms with E-state index >= 15 is 0 Å².